The predicted molar refractivity (Wildman–Crippen MR) is 68.8 cm³/mol. The number of carbonyl (C=O) groups excluding carboxylic acids is 1. The van der Waals surface area contributed by atoms with E-state index in [4.69, 9.17) is 5.73 Å². The zero-order valence-electron chi connectivity index (χ0n) is 10.8. The van der Waals surface area contributed by atoms with E-state index >= 15 is 0 Å². The number of aromatic nitrogens is 2. The molecule has 6 nitrogen and oxygen atoms in total. The maximum Gasteiger partial charge on any atom is 0.573 e. The first-order valence-electron chi connectivity index (χ1n) is 5.74. The fourth-order valence-corrected chi connectivity index (χ4v) is 1.57. The van der Waals surface area contributed by atoms with Crippen LogP contribution in [0.15, 0.2) is 24.3 Å². The molecule has 0 fully saturated rings. The van der Waals surface area contributed by atoms with Crippen LogP contribution < -0.4 is 15.8 Å². The van der Waals surface area contributed by atoms with Gasteiger partial charge in [-0.3, -0.25) is 9.89 Å². The lowest BCUT2D eigenvalue weighted by molar-refractivity contribution is -0.274. The second kappa shape index (κ2) is 5.35. The van der Waals surface area contributed by atoms with Crippen LogP contribution in [-0.2, 0) is 0 Å². The van der Waals surface area contributed by atoms with Crippen LogP contribution in [0, 0.1) is 6.92 Å². The largest absolute Gasteiger partial charge is 0.573 e. The number of nitrogens with zero attached hydrogens (tertiary/aromatic N) is 1. The number of rotatable bonds is 3. The maximum absolute atomic E-state index is 12.1. The molecule has 0 spiro atoms. The Morgan fingerprint density at radius 1 is 1.43 bits per heavy atom. The van der Waals surface area contributed by atoms with Crippen LogP contribution in [0.1, 0.15) is 16.2 Å². The number of carbonyl (C=O) groups is 1. The molecule has 2 aromatic rings. The third kappa shape index (κ3) is 3.65. The minimum atomic E-state index is -4.80. The van der Waals surface area contributed by atoms with Gasteiger partial charge in [0.2, 0.25) is 0 Å². The van der Waals surface area contributed by atoms with E-state index in [-0.39, 0.29) is 17.1 Å². The Hall–Kier alpha value is -2.71. The standard InChI is InChI=1S/C12H11F3N4O2/c1-6-9(16)10(19-18-6)11(20)17-7-3-2-4-8(5-7)21-12(13,14)15/h2-5H,16H2,1H3,(H,17,20)(H,18,19). The van der Waals surface area contributed by atoms with Crippen molar-refractivity contribution in [3.05, 3.63) is 35.7 Å². The van der Waals surface area contributed by atoms with E-state index in [0.717, 1.165) is 12.1 Å². The number of halogens is 3. The molecule has 1 aromatic carbocycles. The lowest BCUT2D eigenvalue weighted by atomic mass is 10.2. The van der Waals surface area contributed by atoms with Gasteiger partial charge in [0.15, 0.2) is 5.69 Å². The van der Waals surface area contributed by atoms with Crippen molar-refractivity contribution in [2.24, 2.45) is 0 Å². The van der Waals surface area contributed by atoms with E-state index < -0.39 is 18.0 Å². The van der Waals surface area contributed by atoms with E-state index in [2.05, 4.69) is 20.3 Å². The van der Waals surface area contributed by atoms with Crippen LogP contribution in [0.4, 0.5) is 24.5 Å². The van der Waals surface area contributed by atoms with Gasteiger partial charge in [-0.15, -0.1) is 13.2 Å². The van der Waals surface area contributed by atoms with Gasteiger partial charge in [-0.2, -0.15) is 5.10 Å². The van der Waals surface area contributed by atoms with Crippen LogP contribution >= 0.6 is 0 Å². The Morgan fingerprint density at radius 2 is 2.14 bits per heavy atom. The van der Waals surface area contributed by atoms with Gasteiger partial charge >= 0.3 is 6.36 Å². The molecule has 112 valence electrons. The Morgan fingerprint density at radius 3 is 2.71 bits per heavy atom. The van der Waals surface area contributed by atoms with E-state index in [1.54, 1.807) is 6.92 Å². The number of nitrogens with one attached hydrogen (secondary N) is 2. The second-order valence-corrected chi connectivity index (χ2v) is 4.14. The van der Waals surface area contributed by atoms with Gasteiger partial charge in [0, 0.05) is 11.8 Å². The van der Waals surface area contributed by atoms with Gasteiger partial charge in [0.1, 0.15) is 5.75 Å². The molecule has 0 saturated carbocycles. The van der Waals surface area contributed by atoms with Crippen LogP contribution in [0.25, 0.3) is 0 Å². The lowest BCUT2D eigenvalue weighted by Crippen LogP contribution is -2.18. The number of hydrogen-bond acceptors (Lipinski definition) is 4. The molecule has 0 aliphatic heterocycles. The van der Waals surface area contributed by atoms with E-state index in [1.807, 2.05) is 0 Å². The molecule has 0 aliphatic carbocycles. The molecule has 21 heavy (non-hydrogen) atoms. The molecule has 4 N–H and O–H groups in total. The number of ether oxygens (including phenoxy) is 1. The summed E-state index contributed by atoms with van der Waals surface area (Å²) in [6.07, 6.45) is -4.80. The summed E-state index contributed by atoms with van der Waals surface area (Å²) in [5.41, 5.74) is 6.43. The Balaban J connectivity index is 2.15. The Labute approximate surface area is 117 Å². The maximum atomic E-state index is 12.1. The fraction of sp³-hybridized carbons (Fsp3) is 0.167. The number of hydrogen-bond donors (Lipinski definition) is 3. The highest BCUT2D eigenvalue weighted by Gasteiger charge is 2.31. The highest BCUT2D eigenvalue weighted by molar-refractivity contribution is 6.06. The van der Waals surface area contributed by atoms with Crippen LogP contribution in [0.2, 0.25) is 0 Å². The summed E-state index contributed by atoms with van der Waals surface area (Å²) in [5.74, 6) is -1.08. The molecule has 0 bridgehead atoms. The number of amides is 1. The number of nitrogen functional groups attached to an aromatic ring is 1. The van der Waals surface area contributed by atoms with Gasteiger partial charge in [0.25, 0.3) is 5.91 Å². The summed E-state index contributed by atoms with van der Waals surface area (Å²) in [5, 5.41) is 8.65. The zero-order chi connectivity index (χ0) is 15.6. The van der Waals surface area contributed by atoms with Crippen molar-refractivity contribution in [3.63, 3.8) is 0 Å². The molecule has 1 aromatic heterocycles. The van der Waals surface area contributed by atoms with Gasteiger partial charge in [0.05, 0.1) is 11.4 Å². The summed E-state index contributed by atoms with van der Waals surface area (Å²) in [6.45, 7) is 1.64. The third-order valence-corrected chi connectivity index (χ3v) is 2.54. The predicted octanol–water partition coefficient (Wildman–Crippen LogP) is 2.45. The highest BCUT2D eigenvalue weighted by Crippen LogP contribution is 2.25. The number of H-pyrrole nitrogens is 1. The van der Waals surface area contributed by atoms with Crippen molar-refractivity contribution in [3.8, 4) is 5.75 Å². The zero-order valence-corrected chi connectivity index (χ0v) is 10.8. The first-order valence-corrected chi connectivity index (χ1v) is 5.74. The minimum Gasteiger partial charge on any atom is -0.406 e. The average Bonchev–Trinajstić information content (AvgIpc) is 2.68. The first kappa shape index (κ1) is 14.7. The van der Waals surface area contributed by atoms with Gasteiger partial charge in [-0.05, 0) is 19.1 Å². The number of alkyl halides is 3. The molecule has 0 saturated heterocycles. The topological polar surface area (TPSA) is 93.0 Å². The number of anilines is 2. The summed E-state index contributed by atoms with van der Waals surface area (Å²) >= 11 is 0. The van der Waals surface area contributed by atoms with Crippen molar-refractivity contribution in [2.75, 3.05) is 11.1 Å². The lowest BCUT2D eigenvalue weighted by Gasteiger charge is -2.10. The number of aromatic amines is 1. The van der Waals surface area contributed by atoms with E-state index in [0.29, 0.717) is 5.69 Å². The molecule has 0 radical (unpaired) electrons. The summed E-state index contributed by atoms with van der Waals surface area (Å²) in [4.78, 5) is 11.9. The Bertz CT molecular complexity index is 667. The van der Waals surface area contributed by atoms with Crippen molar-refractivity contribution in [1.29, 1.82) is 0 Å². The monoisotopic (exact) mass is 300 g/mol. The third-order valence-electron chi connectivity index (χ3n) is 2.54. The smallest absolute Gasteiger partial charge is 0.406 e. The molecule has 9 heteroatoms. The molecule has 1 heterocycles. The molecule has 2 rings (SSSR count). The van der Waals surface area contributed by atoms with Crippen molar-refractivity contribution < 1.29 is 22.7 Å². The first-order chi connectivity index (χ1) is 9.76. The molecule has 0 aliphatic rings. The molecule has 0 unspecified atom stereocenters. The fourth-order valence-electron chi connectivity index (χ4n) is 1.57. The summed E-state index contributed by atoms with van der Waals surface area (Å²) < 4.78 is 40.1. The van der Waals surface area contributed by atoms with E-state index in [9.17, 15) is 18.0 Å². The molecular weight excluding hydrogens is 289 g/mol. The van der Waals surface area contributed by atoms with Crippen molar-refractivity contribution in [1.82, 2.24) is 10.2 Å². The van der Waals surface area contributed by atoms with Crippen LogP contribution in [0.5, 0.6) is 5.75 Å². The number of nitrogens with two attached hydrogens (primary N) is 1. The minimum absolute atomic E-state index is 0.0327. The second-order valence-electron chi connectivity index (χ2n) is 4.14. The summed E-state index contributed by atoms with van der Waals surface area (Å²) in [6, 6.07) is 4.89. The molecule has 0 atom stereocenters. The van der Waals surface area contributed by atoms with Crippen molar-refractivity contribution >= 4 is 17.3 Å². The van der Waals surface area contributed by atoms with Crippen molar-refractivity contribution in [2.45, 2.75) is 13.3 Å². The average molecular weight is 300 g/mol. The molecular formula is C12H11F3N4O2. The summed E-state index contributed by atoms with van der Waals surface area (Å²) in [7, 11) is 0. The van der Waals surface area contributed by atoms with Gasteiger partial charge in [-0.1, -0.05) is 6.07 Å². The normalized spacial score (nSPS) is 11.2. The highest BCUT2D eigenvalue weighted by atomic mass is 19.4. The van der Waals surface area contributed by atoms with Gasteiger partial charge in [-0.25, -0.2) is 0 Å². The SMILES string of the molecule is Cc1[nH]nc(C(=O)Nc2cccc(OC(F)(F)F)c2)c1N. The van der Waals surface area contributed by atoms with E-state index in [1.165, 1.54) is 12.1 Å². The van der Waals surface area contributed by atoms with Crippen LogP contribution in [0.3, 0.4) is 0 Å². The number of aryl methyl sites for hydroxylation is 1. The quantitative estimate of drug-likeness (QED) is 0.811. The van der Waals surface area contributed by atoms with Crippen LogP contribution in [-0.4, -0.2) is 22.5 Å². The molecule has 1 amide bonds. The Kier molecular flexibility index (Phi) is 3.74. The number of benzene rings is 1. The van der Waals surface area contributed by atoms with Gasteiger partial charge < -0.3 is 15.8 Å².